The molecule has 0 aliphatic carbocycles. The zero-order valence-corrected chi connectivity index (χ0v) is 21.1. The third-order valence-corrected chi connectivity index (χ3v) is 5.22. The highest BCUT2D eigenvalue weighted by atomic mass is 127. The van der Waals surface area contributed by atoms with Crippen LogP contribution in [0.2, 0.25) is 0 Å². The molecule has 0 spiro atoms. The summed E-state index contributed by atoms with van der Waals surface area (Å²) in [6.07, 6.45) is 1.85. The molecule has 0 fully saturated rings. The van der Waals surface area contributed by atoms with Gasteiger partial charge in [-0.1, -0.05) is 30.3 Å². The van der Waals surface area contributed by atoms with Crippen LogP contribution in [-0.2, 0) is 13.0 Å². The number of halogens is 1. The van der Waals surface area contributed by atoms with Gasteiger partial charge in [-0.2, -0.15) is 5.10 Å². The normalized spacial score (nSPS) is 11.4. The number of hydrogen-bond donors (Lipinski definition) is 3. The number of aromatic nitrogens is 4. The van der Waals surface area contributed by atoms with Gasteiger partial charge in [-0.3, -0.25) is 4.99 Å². The third kappa shape index (κ3) is 5.67. The summed E-state index contributed by atoms with van der Waals surface area (Å²) in [6, 6.07) is 18.5. The molecule has 0 saturated heterocycles. The van der Waals surface area contributed by atoms with E-state index in [1.54, 1.807) is 7.05 Å². The van der Waals surface area contributed by atoms with Crippen molar-refractivity contribution in [1.82, 2.24) is 30.4 Å². The highest BCUT2D eigenvalue weighted by Crippen LogP contribution is 2.17. The largest absolute Gasteiger partial charge is 0.356 e. The fraction of sp³-hybridized carbons (Fsp3) is 0.292. The van der Waals surface area contributed by atoms with E-state index in [1.807, 2.05) is 35.9 Å². The lowest BCUT2D eigenvalue weighted by Crippen LogP contribution is -2.37. The van der Waals surface area contributed by atoms with E-state index in [0.717, 1.165) is 59.3 Å². The number of para-hydroxylation sites is 3. The van der Waals surface area contributed by atoms with Crippen molar-refractivity contribution in [3.63, 3.8) is 0 Å². The summed E-state index contributed by atoms with van der Waals surface area (Å²) < 4.78 is 2.00. The molecule has 168 valence electrons. The van der Waals surface area contributed by atoms with E-state index in [2.05, 4.69) is 67.9 Å². The minimum atomic E-state index is 0. The molecule has 0 aliphatic heterocycles. The first-order valence-corrected chi connectivity index (χ1v) is 10.6. The first-order valence-electron chi connectivity index (χ1n) is 10.6. The van der Waals surface area contributed by atoms with Gasteiger partial charge < -0.3 is 15.6 Å². The summed E-state index contributed by atoms with van der Waals surface area (Å²) in [5.41, 5.74) is 6.49. The Morgan fingerprint density at radius 1 is 1.06 bits per heavy atom. The Balaban J connectivity index is 0.00000289. The average Bonchev–Trinajstić information content (AvgIpc) is 3.35. The molecule has 0 aliphatic rings. The summed E-state index contributed by atoms with van der Waals surface area (Å²) in [7, 11) is 1.79. The predicted molar refractivity (Wildman–Crippen MR) is 141 cm³/mol. The van der Waals surface area contributed by atoms with Crippen LogP contribution in [0.15, 0.2) is 59.6 Å². The number of H-pyrrole nitrogens is 1. The van der Waals surface area contributed by atoms with E-state index >= 15 is 0 Å². The second-order valence-electron chi connectivity index (χ2n) is 7.62. The zero-order chi connectivity index (χ0) is 21.6. The number of rotatable bonds is 7. The predicted octanol–water partition coefficient (Wildman–Crippen LogP) is 4.28. The van der Waals surface area contributed by atoms with Gasteiger partial charge in [0.25, 0.3) is 0 Å². The molecule has 4 rings (SSSR count). The first-order chi connectivity index (χ1) is 15.1. The van der Waals surface area contributed by atoms with Gasteiger partial charge in [0.1, 0.15) is 5.82 Å². The SMILES string of the molecule is CN=C(NCCCc1nc2ccccc2[nH]1)NCc1ccccc1-n1nc(C)cc1C.I. The van der Waals surface area contributed by atoms with E-state index in [1.165, 1.54) is 5.56 Å². The molecule has 2 aromatic carbocycles. The Bertz CT molecular complexity index is 1160. The van der Waals surface area contributed by atoms with E-state index in [4.69, 9.17) is 0 Å². The number of nitrogens with zero attached hydrogens (tertiary/aromatic N) is 4. The number of guanidine groups is 1. The fourth-order valence-corrected chi connectivity index (χ4v) is 3.73. The summed E-state index contributed by atoms with van der Waals surface area (Å²) in [5, 5.41) is 11.4. The van der Waals surface area contributed by atoms with Crippen molar-refractivity contribution >= 4 is 41.0 Å². The summed E-state index contributed by atoms with van der Waals surface area (Å²) in [5.74, 6) is 1.80. The smallest absolute Gasteiger partial charge is 0.191 e. The van der Waals surface area contributed by atoms with Gasteiger partial charge in [-0.25, -0.2) is 9.67 Å². The van der Waals surface area contributed by atoms with Gasteiger partial charge in [0.15, 0.2) is 5.96 Å². The molecule has 0 radical (unpaired) electrons. The van der Waals surface area contributed by atoms with Gasteiger partial charge >= 0.3 is 0 Å². The highest BCUT2D eigenvalue weighted by Gasteiger charge is 2.09. The summed E-state index contributed by atoms with van der Waals surface area (Å²) >= 11 is 0. The Kier molecular flexibility index (Phi) is 8.26. The quantitative estimate of drug-likeness (QED) is 0.141. The maximum atomic E-state index is 4.64. The second-order valence-corrected chi connectivity index (χ2v) is 7.62. The van der Waals surface area contributed by atoms with E-state index in [-0.39, 0.29) is 24.0 Å². The lowest BCUT2D eigenvalue weighted by Gasteiger charge is -2.15. The van der Waals surface area contributed by atoms with Crippen LogP contribution in [0.1, 0.15) is 29.2 Å². The van der Waals surface area contributed by atoms with Crippen molar-refractivity contribution in [2.75, 3.05) is 13.6 Å². The molecule has 7 nitrogen and oxygen atoms in total. The Morgan fingerprint density at radius 3 is 2.59 bits per heavy atom. The number of imidazole rings is 1. The van der Waals surface area contributed by atoms with Gasteiger partial charge in [-0.05, 0) is 50.1 Å². The van der Waals surface area contributed by atoms with E-state index in [0.29, 0.717) is 6.54 Å². The van der Waals surface area contributed by atoms with Crippen LogP contribution in [-0.4, -0.2) is 39.3 Å². The van der Waals surface area contributed by atoms with Crippen LogP contribution in [0.5, 0.6) is 0 Å². The molecule has 0 bridgehead atoms. The van der Waals surface area contributed by atoms with E-state index < -0.39 is 0 Å². The molecule has 4 aromatic rings. The van der Waals surface area contributed by atoms with Gasteiger partial charge in [-0.15, -0.1) is 24.0 Å². The number of aryl methyl sites for hydroxylation is 3. The van der Waals surface area contributed by atoms with Crippen molar-refractivity contribution < 1.29 is 0 Å². The average molecular weight is 543 g/mol. The first kappa shape index (κ1) is 23.8. The molecule has 0 amide bonds. The van der Waals surface area contributed by atoms with Crippen molar-refractivity contribution in [2.24, 2.45) is 4.99 Å². The Morgan fingerprint density at radius 2 is 1.84 bits per heavy atom. The number of aromatic amines is 1. The lowest BCUT2D eigenvalue weighted by molar-refractivity contribution is 0.723. The molecular weight excluding hydrogens is 513 g/mol. The number of aliphatic imine (C=N–C) groups is 1. The van der Waals surface area contributed by atoms with E-state index in [9.17, 15) is 0 Å². The van der Waals surface area contributed by atoms with Gasteiger partial charge in [0.05, 0.1) is 22.4 Å². The number of fused-ring (bicyclic) bond motifs is 1. The maximum Gasteiger partial charge on any atom is 0.191 e. The standard InChI is InChI=1S/C24H29N7.HI/c1-17-15-18(2)31(30-17)22-12-7-4-9-19(22)16-27-24(25-3)26-14-8-13-23-28-20-10-5-6-11-21(20)29-23;/h4-7,9-12,15H,8,13-14,16H2,1-3H3,(H,28,29)(H2,25,26,27);1H. The number of nitrogens with one attached hydrogen (secondary N) is 3. The van der Waals surface area contributed by atoms with Crippen LogP contribution in [0, 0.1) is 13.8 Å². The zero-order valence-electron chi connectivity index (χ0n) is 18.7. The minimum absolute atomic E-state index is 0. The van der Waals surface area contributed by atoms with Crippen molar-refractivity contribution in [3.8, 4) is 5.69 Å². The van der Waals surface area contributed by atoms with Crippen LogP contribution in [0.3, 0.4) is 0 Å². The molecule has 3 N–H and O–H groups in total. The highest BCUT2D eigenvalue weighted by molar-refractivity contribution is 14.0. The maximum absolute atomic E-state index is 4.64. The molecule has 2 heterocycles. The molecular formula is C24H30IN7. The molecule has 0 atom stereocenters. The minimum Gasteiger partial charge on any atom is -0.356 e. The molecule has 0 unspecified atom stereocenters. The summed E-state index contributed by atoms with van der Waals surface area (Å²) in [6.45, 7) is 5.57. The third-order valence-electron chi connectivity index (χ3n) is 5.22. The van der Waals surface area contributed by atoms with Crippen LogP contribution in [0.25, 0.3) is 16.7 Å². The van der Waals surface area contributed by atoms with Crippen LogP contribution >= 0.6 is 24.0 Å². The van der Waals surface area contributed by atoms with Crippen molar-refractivity contribution in [1.29, 1.82) is 0 Å². The fourth-order valence-electron chi connectivity index (χ4n) is 3.73. The summed E-state index contributed by atoms with van der Waals surface area (Å²) in [4.78, 5) is 12.4. The molecule has 0 saturated carbocycles. The van der Waals surface area contributed by atoms with Crippen LogP contribution in [0.4, 0.5) is 0 Å². The topological polar surface area (TPSA) is 82.9 Å². The molecule has 32 heavy (non-hydrogen) atoms. The van der Waals surface area contributed by atoms with Gasteiger partial charge in [0.2, 0.25) is 0 Å². The second kappa shape index (κ2) is 11.1. The van der Waals surface area contributed by atoms with Crippen molar-refractivity contribution in [2.45, 2.75) is 33.2 Å². The van der Waals surface area contributed by atoms with Crippen molar-refractivity contribution in [3.05, 3.63) is 77.4 Å². The number of hydrogen-bond acceptors (Lipinski definition) is 3. The Labute approximate surface area is 205 Å². The van der Waals surface area contributed by atoms with Crippen LogP contribution < -0.4 is 10.6 Å². The number of benzene rings is 2. The lowest BCUT2D eigenvalue weighted by atomic mass is 10.1. The molecule has 8 heteroatoms. The van der Waals surface area contributed by atoms with Gasteiger partial charge in [0, 0.05) is 32.3 Å². The molecule has 2 aromatic heterocycles. The monoisotopic (exact) mass is 543 g/mol. The Hall–Kier alpha value is -2.88.